The van der Waals surface area contributed by atoms with Gasteiger partial charge in [0.1, 0.15) is 11.4 Å². The molecule has 2 nitrogen and oxygen atoms in total. The monoisotopic (exact) mass is 281 g/mol. The second-order valence-electron chi connectivity index (χ2n) is 6.50. The number of benzene rings is 2. The van der Waals surface area contributed by atoms with Gasteiger partial charge in [-0.05, 0) is 54.7 Å². The summed E-state index contributed by atoms with van der Waals surface area (Å²) in [6.45, 7) is 6.38. The van der Waals surface area contributed by atoms with Crippen LogP contribution in [0.4, 0.5) is 0 Å². The molecule has 110 valence electrons. The fourth-order valence-corrected chi connectivity index (χ4v) is 2.95. The normalized spacial score (nSPS) is 17.1. The van der Waals surface area contributed by atoms with Crippen LogP contribution in [0.1, 0.15) is 44.4 Å². The second-order valence-corrected chi connectivity index (χ2v) is 6.50. The molecule has 0 aliphatic carbocycles. The molecule has 21 heavy (non-hydrogen) atoms. The van der Waals surface area contributed by atoms with Crippen molar-refractivity contribution >= 4 is 0 Å². The molecule has 1 aliphatic heterocycles. The zero-order valence-corrected chi connectivity index (χ0v) is 13.0. The maximum Gasteiger partial charge on any atom is 0.123 e. The van der Waals surface area contributed by atoms with Gasteiger partial charge < -0.3 is 10.5 Å². The summed E-state index contributed by atoms with van der Waals surface area (Å²) in [5.41, 5.74) is 11.0. The minimum atomic E-state index is -0.0846. The van der Waals surface area contributed by atoms with Gasteiger partial charge >= 0.3 is 0 Å². The van der Waals surface area contributed by atoms with E-state index >= 15 is 0 Å². The van der Waals surface area contributed by atoms with Gasteiger partial charge in [0.15, 0.2) is 0 Å². The van der Waals surface area contributed by atoms with Crippen LogP contribution < -0.4 is 10.5 Å². The SMILES string of the molecule is CCC(N)c1ccc(-c2ccc3c(c2)CC(C)(C)O3)cc1. The molecule has 0 spiro atoms. The van der Waals surface area contributed by atoms with E-state index in [4.69, 9.17) is 10.5 Å². The van der Waals surface area contributed by atoms with Gasteiger partial charge in [0.25, 0.3) is 0 Å². The third-order valence-corrected chi connectivity index (χ3v) is 4.17. The minimum absolute atomic E-state index is 0.0846. The summed E-state index contributed by atoms with van der Waals surface area (Å²) < 4.78 is 5.93. The molecule has 0 aromatic heterocycles. The van der Waals surface area contributed by atoms with Crippen molar-refractivity contribution in [3.63, 3.8) is 0 Å². The maximum atomic E-state index is 6.07. The Balaban J connectivity index is 1.89. The van der Waals surface area contributed by atoms with Crippen molar-refractivity contribution in [2.45, 2.75) is 45.3 Å². The molecule has 0 radical (unpaired) electrons. The van der Waals surface area contributed by atoms with E-state index in [1.165, 1.54) is 22.3 Å². The molecule has 2 heteroatoms. The Hall–Kier alpha value is -1.80. The Bertz CT molecular complexity index is 643. The quantitative estimate of drug-likeness (QED) is 0.900. The van der Waals surface area contributed by atoms with E-state index in [1.54, 1.807) is 0 Å². The molecule has 1 aliphatic rings. The maximum absolute atomic E-state index is 6.07. The van der Waals surface area contributed by atoms with Crippen LogP contribution in [0.15, 0.2) is 42.5 Å². The van der Waals surface area contributed by atoms with Crippen LogP contribution in [0.25, 0.3) is 11.1 Å². The largest absolute Gasteiger partial charge is 0.487 e. The van der Waals surface area contributed by atoms with Gasteiger partial charge in [-0.15, -0.1) is 0 Å². The second kappa shape index (κ2) is 5.19. The van der Waals surface area contributed by atoms with Crippen molar-refractivity contribution in [3.8, 4) is 16.9 Å². The van der Waals surface area contributed by atoms with Crippen LogP contribution in [0.5, 0.6) is 5.75 Å². The number of hydrogen-bond donors (Lipinski definition) is 1. The van der Waals surface area contributed by atoms with Crippen LogP contribution in [-0.4, -0.2) is 5.60 Å². The number of rotatable bonds is 3. The van der Waals surface area contributed by atoms with Gasteiger partial charge in [0, 0.05) is 12.5 Å². The molecule has 3 rings (SSSR count). The lowest BCUT2D eigenvalue weighted by atomic mass is 9.96. The van der Waals surface area contributed by atoms with Gasteiger partial charge in [-0.3, -0.25) is 0 Å². The molecular formula is C19H23NO. The highest BCUT2D eigenvalue weighted by molar-refractivity contribution is 5.66. The van der Waals surface area contributed by atoms with Gasteiger partial charge in [-0.2, -0.15) is 0 Å². The van der Waals surface area contributed by atoms with Crippen molar-refractivity contribution in [1.29, 1.82) is 0 Å². The lowest BCUT2D eigenvalue weighted by Gasteiger charge is -2.16. The van der Waals surface area contributed by atoms with E-state index in [9.17, 15) is 0 Å². The zero-order valence-electron chi connectivity index (χ0n) is 13.0. The first-order chi connectivity index (χ1) is 9.98. The molecule has 2 aromatic rings. The minimum Gasteiger partial charge on any atom is -0.487 e. The van der Waals surface area contributed by atoms with Crippen molar-refractivity contribution in [2.24, 2.45) is 5.73 Å². The molecule has 2 N–H and O–H groups in total. The summed E-state index contributed by atoms with van der Waals surface area (Å²) in [7, 11) is 0. The lowest BCUT2D eigenvalue weighted by Crippen LogP contribution is -2.24. The fraction of sp³-hybridized carbons (Fsp3) is 0.368. The highest BCUT2D eigenvalue weighted by atomic mass is 16.5. The van der Waals surface area contributed by atoms with Gasteiger partial charge in [0.05, 0.1) is 0 Å². The number of ether oxygens (including phenoxy) is 1. The van der Waals surface area contributed by atoms with Gasteiger partial charge in [-0.25, -0.2) is 0 Å². The molecule has 0 amide bonds. The van der Waals surface area contributed by atoms with Crippen LogP contribution in [-0.2, 0) is 6.42 Å². The van der Waals surface area contributed by atoms with Crippen molar-refractivity contribution < 1.29 is 4.74 Å². The summed E-state index contributed by atoms with van der Waals surface area (Å²) in [5.74, 6) is 1.02. The predicted molar refractivity (Wildman–Crippen MR) is 87.5 cm³/mol. The van der Waals surface area contributed by atoms with E-state index in [1.807, 2.05) is 0 Å². The third kappa shape index (κ3) is 2.81. The predicted octanol–water partition coefficient (Wildman–Crippen LogP) is 4.48. The van der Waals surface area contributed by atoms with Crippen molar-refractivity contribution in [3.05, 3.63) is 53.6 Å². The molecule has 2 aromatic carbocycles. The van der Waals surface area contributed by atoms with E-state index in [-0.39, 0.29) is 11.6 Å². The zero-order chi connectivity index (χ0) is 15.0. The Kier molecular flexibility index (Phi) is 3.50. The molecule has 1 atom stereocenters. The van der Waals surface area contributed by atoms with Gasteiger partial charge in [0.2, 0.25) is 0 Å². The van der Waals surface area contributed by atoms with E-state index in [0.29, 0.717) is 0 Å². The van der Waals surface area contributed by atoms with E-state index in [0.717, 1.165) is 18.6 Å². The standard InChI is InChI=1S/C19H23NO/c1-4-17(20)14-7-5-13(6-8-14)15-9-10-18-16(11-15)12-19(2,3)21-18/h5-11,17H,4,12,20H2,1-3H3. The Labute approximate surface area is 126 Å². The van der Waals surface area contributed by atoms with Crippen LogP contribution >= 0.6 is 0 Å². The number of nitrogens with two attached hydrogens (primary N) is 1. The molecule has 1 heterocycles. The smallest absolute Gasteiger partial charge is 0.123 e. The average Bonchev–Trinajstić information content (AvgIpc) is 2.79. The molecule has 0 saturated heterocycles. The first-order valence-corrected chi connectivity index (χ1v) is 7.66. The molecule has 0 bridgehead atoms. The summed E-state index contributed by atoms with van der Waals surface area (Å²) in [4.78, 5) is 0. The highest BCUT2D eigenvalue weighted by Crippen LogP contribution is 2.37. The van der Waals surface area contributed by atoms with Crippen molar-refractivity contribution in [2.75, 3.05) is 0 Å². The average molecular weight is 281 g/mol. The first-order valence-electron chi connectivity index (χ1n) is 7.66. The summed E-state index contributed by atoms with van der Waals surface area (Å²) >= 11 is 0. The molecule has 0 saturated carbocycles. The topological polar surface area (TPSA) is 35.2 Å². The third-order valence-electron chi connectivity index (χ3n) is 4.17. The highest BCUT2D eigenvalue weighted by Gasteiger charge is 2.29. The summed E-state index contributed by atoms with van der Waals surface area (Å²) in [6.07, 6.45) is 1.93. The lowest BCUT2D eigenvalue weighted by molar-refractivity contribution is 0.138. The molecular weight excluding hydrogens is 258 g/mol. The number of fused-ring (bicyclic) bond motifs is 1. The van der Waals surface area contributed by atoms with Crippen LogP contribution in [0.2, 0.25) is 0 Å². The van der Waals surface area contributed by atoms with Crippen molar-refractivity contribution in [1.82, 2.24) is 0 Å². The Morgan fingerprint density at radius 2 is 1.76 bits per heavy atom. The first kappa shape index (κ1) is 14.2. The molecule has 1 unspecified atom stereocenters. The Morgan fingerprint density at radius 1 is 1.10 bits per heavy atom. The number of hydrogen-bond acceptors (Lipinski definition) is 2. The Morgan fingerprint density at radius 3 is 2.43 bits per heavy atom. The van der Waals surface area contributed by atoms with Crippen LogP contribution in [0, 0.1) is 0 Å². The van der Waals surface area contributed by atoms with Crippen LogP contribution in [0.3, 0.4) is 0 Å². The summed E-state index contributed by atoms with van der Waals surface area (Å²) in [5, 5.41) is 0. The fourth-order valence-electron chi connectivity index (χ4n) is 2.95. The van der Waals surface area contributed by atoms with E-state index in [2.05, 4.69) is 63.2 Å². The van der Waals surface area contributed by atoms with E-state index < -0.39 is 0 Å². The summed E-state index contributed by atoms with van der Waals surface area (Å²) in [6, 6.07) is 15.2. The van der Waals surface area contributed by atoms with Gasteiger partial charge in [-0.1, -0.05) is 37.3 Å². The molecule has 0 fully saturated rings.